The number of aryl methyl sites for hydroxylation is 1. The van der Waals surface area contributed by atoms with Crippen LogP contribution in [0.25, 0.3) is 0 Å². The molecular formula is C20H23F4NO4S2. The largest absolute Gasteiger partial charge is 0.481 e. The van der Waals surface area contributed by atoms with Crippen LogP contribution in [0.4, 0.5) is 17.6 Å². The molecule has 0 bridgehead atoms. The van der Waals surface area contributed by atoms with Gasteiger partial charge in [-0.3, -0.25) is 4.79 Å². The summed E-state index contributed by atoms with van der Waals surface area (Å²) < 4.78 is 78.3. The molecule has 2 N–H and O–H groups in total. The van der Waals surface area contributed by atoms with E-state index < -0.39 is 40.4 Å². The lowest BCUT2D eigenvalue weighted by atomic mass is 10.1. The van der Waals surface area contributed by atoms with Crippen molar-refractivity contribution in [2.45, 2.75) is 62.1 Å². The minimum atomic E-state index is -4.27. The van der Waals surface area contributed by atoms with Gasteiger partial charge in [0.2, 0.25) is 10.0 Å². The molecule has 0 saturated heterocycles. The summed E-state index contributed by atoms with van der Waals surface area (Å²) in [6.07, 6.45) is -4.11. The van der Waals surface area contributed by atoms with E-state index in [0.29, 0.717) is 17.7 Å². The van der Waals surface area contributed by atoms with E-state index in [-0.39, 0.29) is 30.6 Å². The van der Waals surface area contributed by atoms with E-state index in [9.17, 15) is 30.8 Å². The third-order valence-corrected chi connectivity index (χ3v) is 7.21. The van der Waals surface area contributed by atoms with Crippen LogP contribution >= 0.6 is 11.3 Å². The van der Waals surface area contributed by atoms with Crippen molar-refractivity contribution in [1.82, 2.24) is 4.72 Å². The number of benzene rings is 1. The summed E-state index contributed by atoms with van der Waals surface area (Å²) in [6.45, 7) is 0. The number of rotatable bonds is 12. The van der Waals surface area contributed by atoms with Crippen molar-refractivity contribution in [1.29, 1.82) is 0 Å². The molecule has 0 fully saturated rings. The molecule has 172 valence electrons. The van der Waals surface area contributed by atoms with Gasteiger partial charge in [-0.05, 0) is 62.1 Å². The second kappa shape index (κ2) is 11.1. The second-order valence-corrected chi connectivity index (χ2v) is 9.95. The first kappa shape index (κ1) is 25.3. The Kier molecular flexibility index (Phi) is 9.01. The maximum atomic E-state index is 13.1. The van der Waals surface area contributed by atoms with Crippen LogP contribution in [0.15, 0.2) is 41.3 Å². The smallest absolute Gasteiger partial charge is 0.389 e. The molecule has 11 heteroatoms. The number of unbranched alkanes of at least 4 members (excludes halogenated alkanes) is 1. The van der Waals surface area contributed by atoms with Gasteiger partial charge < -0.3 is 5.11 Å². The van der Waals surface area contributed by atoms with E-state index >= 15 is 0 Å². The van der Waals surface area contributed by atoms with Crippen molar-refractivity contribution >= 4 is 27.3 Å². The molecule has 0 aliphatic rings. The minimum absolute atomic E-state index is 0.00526. The van der Waals surface area contributed by atoms with E-state index in [1.165, 1.54) is 11.3 Å². The van der Waals surface area contributed by atoms with Crippen LogP contribution in [0.1, 0.15) is 54.3 Å². The van der Waals surface area contributed by atoms with Crippen molar-refractivity contribution < 1.29 is 35.9 Å². The second-order valence-electron chi connectivity index (χ2n) is 7.04. The van der Waals surface area contributed by atoms with Gasteiger partial charge in [-0.25, -0.2) is 17.5 Å². The summed E-state index contributed by atoms with van der Waals surface area (Å²) in [4.78, 5) is 12.0. The SMILES string of the molecule is O=C(O)CCCc1ccc(C(CCCCC(F)(F)F)NS(=O)(=O)c2ccc(F)cc2)s1. The van der Waals surface area contributed by atoms with Crippen LogP contribution in [0.5, 0.6) is 0 Å². The number of carboxylic acid groups (broad SMARTS) is 1. The summed E-state index contributed by atoms with van der Waals surface area (Å²) in [5, 5.41) is 8.74. The first-order chi connectivity index (χ1) is 14.5. The fraction of sp³-hybridized carbons (Fsp3) is 0.450. The summed E-state index contributed by atoms with van der Waals surface area (Å²) in [5.41, 5.74) is 0. The van der Waals surface area contributed by atoms with Crippen LogP contribution in [0.2, 0.25) is 0 Å². The molecule has 0 radical (unpaired) electrons. The van der Waals surface area contributed by atoms with Crippen LogP contribution in [-0.2, 0) is 21.2 Å². The van der Waals surface area contributed by atoms with E-state index in [1.54, 1.807) is 12.1 Å². The Balaban J connectivity index is 2.13. The van der Waals surface area contributed by atoms with Crippen LogP contribution < -0.4 is 4.72 Å². The molecule has 5 nitrogen and oxygen atoms in total. The van der Waals surface area contributed by atoms with E-state index in [0.717, 1.165) is 29.1 Å². The van der Waals surface area contributed by atoms with Crippen LogP contribution in [0.3, 0.4) is 0 Å². The topological polar surface area (TPSA) is 83.5 Å². The molecule has 0 aliphatic carbocycles. The lowest BCUT2D eigenvalue weighted by Gasteiger charge is -2.18. The number of aliphatic carboxylic acids is 1. The van der Waals surface area contributed by atoms with Gasteiger partial charge in [0, 0.05) is 22.6 Å². The molecule has 1 heterocycles. The summed E-state index contributed by atoms with van der Waals surface area (Å²) >= 11 is 1.29. The third kappa shape index (κ3) is 8.96. The predicted octanol–water partition coefficient (Wildman–Crippen LogP) is 5.44. The number of hydrogen-bond donors (Lipinski definition) is 2. The summed E-state index contributed by atoms with van der Waals surface area (Å²) in [7, 11) is -4.02. The Morgan fingerprint density at radius 2 is 1.74 bits per heavy atom. The third-order valence-electron chi connectivity index (χ3n) is 4.46. The Hall–Kier alpha value is -1.98. The molecule has 0 saturated carbocycles. The Labute approximate surface area is 182 Å². The lowest BCUT2D eigenvalue weighted by Crippen LogP contribution is -2.28. The molecule has 1 atom stereocenters. The first-order valence-corrected chi connectivity index (χ1v) is 11.9. The fourth-order valence-electron chi connectivity index (χ4n) is 2.93. The monoisotopic (exact) mass is 481 g/mol. The van der Waals surface area contributed by atoms with Gasteiger partial charge in [-0.1, -0.05) is 6.42 Å². The molecule has 31 heavy (non-hydrogen) atoms. The zero-order valence-electron chi connectivity index (χ0n) is 16.5. The first-order valence-electron chi connectivity index (χ1n) is 9.61. The number of alkyl halides is 3. The van der Waals surface area contributed by atoms with Gasteiger partial charge in [0.25, 0.3) is 0 Å². The van der Waals surface area contributed by atoms with E-state index in [1.807, 2.05) is 0 Å². The van der Waals surface area contributed by atoms with Crippen molar-refractivity contribution in [3.63, 3.8) is 0 Å². The molecule has 2 rings (SSSR count). The highest BCUT2D eigenvalue weighted by Gasteiger charge is 2.27. The van der Waals surface area contributed by atoms with Gasteiger partial charge in [0.05, 0.1) is 10.9 Å². The highest BCUT2D eigenvalue weighted by Crippen LogP contribution is 2.31. The van der Waals surface area contributed by atoms with Crippen molar-refractivity contribution in [2.24, 2.45) is 0 Å². The Morgan fingerprint density at radius 3 is 2.35 bits per heavy atom. The molecule has 1 unspecified atom stereocenters. The van der Waals surface area contributed by atoms with Crippen LogP contribution in [0, 0.1) is 5.82 Å². The Bertz CT molecular complexity index is 956. The standard InChI is InChI=1S/C20H23F4NO4S2/c21-14-7-10-16(11-8-14)31(28,29)25-17(5-1-2-13-20(22,23)24)18-12-9-15(30-18)4-3-6-19(26)27/h7-12,17,25H,1-6,13H2,(H,26,27). The van der Waals surface area contributed by atoms with Gasteiger partial charge >= 0.3 is 12.1 Å². The van der Waals surface area contributed by atoms with Crippen molar-refractivity contribution in [2.75, 3.05) is 0 Å². The molecule has 0 amide bonds. The average Bonchev–Trinajstić information content (AvgIpc) is 3.12. The molecular weight excluding hydrogens is 458 g/mol. The van der Waals surface area contributed by atoms with Crippen molar-refractivity contribution in [3.8, 4) is 0 Å². The van der Waals surface area contributed by atoms with E-state index in [2.05, 4.69) is 4.72 Å². The number of carbonyl (C=O) groups is 1. The normalized spacial score (nSPS) is 13.3. The fourth-order valence-corrected chi connectivity index (χ4v) is 5.40. The average molecular weight is 482 g/mol. The molecule has 1 aromatic carbocycles. The summed E-state index contributed by atoms with van der Waals surface area (Å²) in [5.74, 6) is -1.50. The molecule has 1 aromatic heterocycles. The Morgan fingerprint density at radius 1 is 1.06 bits per heavy atom. The molecule has 0 spiro atoms. The van der Waals surface area contributed by atoms with Gasteiger partial charge in [-0.2, -0.15) is 13.2 Å². The zero-order valence-corrected chi connectivity index (χ0v) is 18.1. The highest BCUT2D eigenvalue weighted by molar-refractivity contribution is 7.89. The minimum Gasteiger partial charge on any atom is -0.481 e. The molecule has 0 aliphatic heterocycles. The number of thiophene rings is 1. The maximum Gasteiger partial charge on any atom is 0.389 e. The van der Waals surface area contributed by atoms with Crippen molar-refractivity contribution in [3.05, 3.63) is 52.0 Å². The lowest BCUT2D eigenvalue weighted by molar-refractivity contribution is -0.137. The predicted molar refractivity (Wildman–Crippen MR) is 109 cm³/mol. The van der Waals surface area contributed by atoms with Crippen LogP contribution in [-0.4, -0.2) is 25.7 Å². The van der Waals surface area contributed by atoms with Gasteiger partial charge in [0.1, 0.15) is 5.82 Å². The number of hydrogen-bond acceptors (Lipinski definition) is 4. The summed E-state index contributed by atoms with van der Waals surface area (Å²) in [6, 6.07) is 6.96. The van der Waals surface area contributed by atoms with Gasteiger partial charge in [-0.15, -0.1) is 11.3 Å². The zero-order chi connectivity index (χ0) is 23.1. The quantitative estimate of drug-likeness (QED) is 0.313. The van der Waals surface area contributed by atoms with E-state index in [4.69, 9.17) is 5.11 Å². The highest BCUT2D eigenvalue weighted by atomic mass is 32.2. The number of nitrogens with one attached hydrogen (secondary N) is 1. The number of sulfonamides is 1. The number of halogens is 4. The number of carboxylic acids is 1. The molecule has 2 aromatic rings. The van der Waals surface area contributed by atoms with Gasteiger partial charge in [0.15, 0.2) is 0 Å². The maximum absolute atomic E-state index is 13.1.